The van der Waals surface area contributed by atoms with Crippen molar-refractivity contribution in [1.82, 2.24) is 10.4 Å². The normalized spacial score (nSPS) is 27.1. The number of urea groups is 1. The zero-order valence-corrected chi connectivity index (χ0v) is 8.60. The van der Waals surface area contributed by atoms with Gasteiger partial charge in [-0.3, -0.25) is 5.21 Å². The van der Waals surface area contributed by atoms with E-state index in [-0.39, 0.29) is 10.5 Å². The fourth-order valence-electron chi connectivity index (χ4n) is 1.42. The molecule has 1 rings (SSSR count). The largest absolute Gasteiger partial charge is 0.449 e. The summed E-state index contributed by atoms with van der Waals surface area (Å²) in [5, 5.41) is 12.7. The van der Waals surface area contributed by atoms with Crippen LogP contribution in [-0.2, 0) is 0 Å². The number of carbonyl (C=O) groups is 1. The molecule has 1 unspecified atom stereocenters. The molecule has 0 bridgehead atoms. The highest BCUT2D eigenvalue weighted by Gasteiger charge is 2.37. The van der Waals surface area contributed by atoms with Gasteiger partial charge in [0.2, 0.25) is 0 Å². The molecule has 0 saturated heterocycles. The average molecular weight is 201 g/mol. The first-order valence-electron chi connectivity index (χ1n) is 4.62. The van der Waals surface area contributed by atoms with Gasteiger partial charge in [-0.05, 0) is 7.05 Å². The fraction of sp³-hybridized carbons (Fsp3) is 0.750. The van der Waals surface area contributed by atoms with Gasteiger partial charge in [-0.1, -0.05) is 0 Å². The summed E-state index contributed by atoms with van der Waals surface area (Å²) >= 11 is 0. The quantitative estimate of drug-likeness (QED) is 0.378. The molecule has 6 heteroatoms. The lowest BCUT2D eigenvalue weighted by atomic mass is 10.3. The molecule has 1 aliphatic heterocycles. The van der Waals surface area contributed by atoms with E-state index < -0.39 is 0 Å². The number of hydrogen-bond donors (Lipinski definition) is 2. The lowest BCUT2D eigenvalue weighted by Crippen LogP contribution is -2.58. The SMILES string of the molecule is CNCCC[N+]1(C)CN=CN(O)C1=O. The van der Waals surface area contributed by atoms with Gasteiger partial charge in [0.05, 0.1) is 13.6 Å². The van der Waals surface area contributed by atoms with Gasteiger partial charge in [-0.15, -0.1) is 5.06 Å². The minimum atomic E-state index is -0.323. The Morgan fingerprint density at radius 1 is 1.79 bits per heavy atom. The number of hydroxylamine groups is 2. The molecule has 1 aliphatic rings. The lowest BCUT2D eigenvalue weighted by molar-refractivity contribution is -0.836. The van der Waals surface area contributed by atoms with Gasteiger partial charge in [0, 0.05) is 13.0 Å². The topological polar surface area (TPSA) is 64.9 Å². The Hall–Kier alpha value is -0.980. The van der Waals surface area contributed by atoms with Crippen LogP contribution in [-0.4, -0.2) is 61.0 Å². The standard InChI is InChI=1S/C8H17N4O2/c1-9-4-3-5-12(2)7-10-6-11(14)8(12)13/h6,9,14H,3-5,7H2,1-2H3/q+1. The third-order valence-corrected chi connectivity index (χ3v) is 2.32. The maximum atomic E-state index is 11.6. The predicted octanol–water partition coefficient (Wildman–Crippen LogP) is -0.147. The van der Waals surface area contributed by atoms with E-state index >= 15 is 0 Å². The highest BCUT2D eigenvalue weighted by Crippen LogP contribution is 2.11. The average Bonchev–Trinajstić information content (AvgIpc) is 2.15. The van der Waals surface area contributed by atoms with Crippen molar-refractivity contribution in [2.24, 2.45) is 4.99 Å². The second-order valence-corrected chi connectivity index (χ2v) is 3.64. The molecule has 0 aromatic carbocycles. The molecule has 0 radical (unpaired) electrons. The molecule has 0 fully saturated rings. The molecule has 2 N–H and O–H groups in total. The van der Waals surface area contributed by atoms with Crippen LogP contribution in [0.5, 0.6) is 0 Å². The van der Waals surface area contributed by atoms with Crippen LogP contribution in [0.2, 0.25) is 0 Å². The summed E-state index contributed by atoms with van der Waals surface area (Å²) in [6.45, 7) is 1.93. The highest BCUT2D eigenvalue weighted by molar-refractivity contribution is 5.81. The first-order valence-corrected chi connectivity index (χ1v) is 4.62. The van der Waals surface area contributed by atoms with Crippen LogP contribution >= 0.6 is 0 Å². The molecule has 1 heterocycles. The summed E-state index contributed by atoms with van der Waals surface area (Å²) < 4.78 is 0.134. The maximum Gasteiger partial charge on any atom is 0.449 e. The smallest absolute Gasteiger partial charge is 0.320 e. The molecule has 0 aromatic heterocycles. The van der Waals surface area contributed by atoms with Gasteiger partial charge in [0.15, 0.2) is 6.67 Å². The Balaban J connectivity index is 2.55. The number of rotatable bonds is 4. The van der Waals surface area contributed by atoms with Crippen molar-refractivity contribution in [3.05, 3.63) is 0 Å². The summed E-state index contributed by atoms with van der Waals surface area (Å²) in [4.78, 5) is 15.5. The molecule has 80 valence electrons. The molecule has 0 spiro atoms. The minimum absolute atomic E-state index is 0.134. The summed E-state index contributed by atoms with van der Waals surface area (Å²) in [5.74, 6) is 0. The summed E-state index contributed by atoms with van der Waals surface area (Å²) in [6.07, 6.45) is 2.03. The van der Waals surface area contributed by atoms with Crippen molar-refractivity contribution in [2.75, 3.05) is 33.9 Å². The molecule has 0 aromatic rings. The predicted molar refractivity (Wildman–Crippen MR) is 52.0 cm³/mol. The Bertz CT molecular complexity index is 243. The summed E-state index contributed by atoms with van der Waals surface area (Å²) in [6, 6.07) is -0.323. The third-order valence-electron chi connectivity index (χ3n) is 2.32. The molecule has 1 atom stereocenters. The monoisotopic (exact) mass is 201 g/mol. The second kappa shape index (κ2) is 4.50. The van der Waals surface area contributed by atoms with Crippen LogP contribution in [0.25, 0.3) is 0 Å². The molecular formula is C8H17N4O2+. The number of aliphatic imine (C=N–C) groups is 1. The fourth-order valence-corrected chi connectivity index (χ4v) is 1.42. The zero-order valence-electron chi connectivity index (χ0n) is 8.60. The van der Waals surface area contributed by atoms with Gasteiger partial charge in [0.1, 0.15) is 6.34 Å². The Morgan fingerprint density at radius 2 is 2.50 bits per heavy atom. The zero-order chi connectivity index (χ0) is 10.6. The van der Waals surface area contributed by atoms with Crippen LogP contribution < -0.4 is 5.32 Å². The molecule has 0 saturated carbocycles. The third kappa shape index (κ3) is 2.28. The second-order valence-electron chi connectivity index (χ2n) is 3.64. The molecule has 2 amide bonds. The Kier molecular flexibility index (Phi) is 3.56. The minimum Gasteiger partial charge on any atom is -0.320 e. The van der Waals surface area contributed by atoms with Crippen LogP contribution in [0.15, 0.2) is 4.99 Å². The van der Waals surface area contributed by atoms with Gasteiger partial charge in [-0.2, -0.15) is 0 Å². The number of nitrogens with zero attached hydrogens (tertiary/aromatic N) is 3. The first-order chi connectivity index (χ1) is 6.60. The molecular weight excluding hydrogens is 184 g/mol. The van der Waals surface area contributed by atoms with Crippen molar-refractivity contribution in [3.63, 3.8) is 0 Å². The molecule has 0 aliphatic carbocycles. The molecule has 6 nitrogen and oxygen atoms in total. The number of amides is 2. The van der Waals surface area contributed by atoms with E-state index in [0.29, 0.717) is 18.3 Å². The van der Waals surface area contributed by atoms with E-state index in [1.165, 1.54) is 0 Å². The van der Waals surface area contributed by atoms with Crippen molar-refractivity contribution < 1.29 is 14.5 Å². The van der Waals surface area contributed by atoms with E-state index in [1.54, 1.807) is 7.05 Å². The van der Waals surface area contributed by atoms with E-state index in [9.17, 15) is 10.0 Å². The van der Waals surface area contributed by atoms with Gasteiger partial charge < -0.3 is 5.32 Å². The van der Waals surface area contributed by atoms with Crippen LogP contribution in [0, 0.1) is 0 Å². The number of quaternary nitrogens is 1. The van der Waals surface area contributed by atoms with Crippen molar-refractivity contribution in [3.8, 4) is 0 Å². The number of nitrogens with one attached hydrogen (secondary N) is 1. The Labute approximate surface area is 83.4 Å². The Morgan fingerprint density at radius 3 is 3.14 bits per heavy atom. The van der Waals surface area contributed by atoms with E-state index in [1.807, 2.05) is 7.05 Å². The maximum absolute atomic E-state index is 11.6. The van der Waals surface area contributed by atoms with Crippen molar-refractivity contribution in [2.45, 2.75) is 6.42 Å². The van der Waals surface area contributed by atoms with Gasteiger partial charge in [0.25, 0.3) is 0 Å². The highest BCUT2D eigenvalue weighted by atomic mass is 16.5. The van der Waals surface area contributed by atoms with Gasteiger partial charge in [-0.25, -0.2) is 14.3 Å². The number of hydrogen-bond acceptors (Lipinski definition) is 4. The summed E-state index contributed by atoms with van der Waals surface area (Å²) in [5.41, 5.74) is 0. The number of carbonyl (C=O) groups excluding carboxylic acids is 1. The van der Waals surface area contributed by atoms with E-state index in [4.69, 9.17) is 0 Å². The summed E-state index contributed by atoms with van der Waals surface area (Å²) in [7, 11) is 3.65. The van der Waals surface area contributed by atoms with Crippen LogP contribution in [0.1, 0.15) is 6.42 Å². The van der Waals surface area contributed by atoms with Crippen molar-refractivity contribution in [1.29, 1.82) is 0 Å². The van der Waals surface area contributed by atoms with Gasteiger partial charge >= 0.3 is 6.03 Å². The lowest BCUT2D eigenvalue weighted by Gasteiger charge is -2.33. The van der Waals surface area contributed by atoms with Crippen LogP contribution in [0.4, 0.5) is 4.79 Å². The van der Waals surface area contributed by atoms with Crippen molar-refractivity contribution >= 4 is 12.4 Å². The van der Waals surface area contributed by atoms with Crippen LogP contribution in [0.3, 0.4) is 0 Å². The first kappa shape index (κ1) is 11.1. The van der Waals surface area contributed by atoms with E-state index in [0.717, 1.165) is 19.3 Å². The van der Waals surface area contributed by atoms with E-state index in [2.05, 4.69) is 10.3 Å². The molecule has 14 heavy (non-hydrogen) atoms.